The van der Waals surface area contributed by atoms with E-state index in [1.807, 2.05) is 32.0 Å². The minimum atomic E-state index is -4.86. The molecule has 3 fully saturated rings. The van der Waals surface area contributed by atoms with Crippen LogP contribution in [0.5, 0.6) is 5.75 Å². The summed E-state index contributed by atoms with van der Waals surface area (Å²) in [5, 5.41) is 17.7. The number of alkyl halides is 3. The summed E-state index contributed by atoms with van der Waals surface area (Å²) in [4.78, 5) is 61.2. The Morgan fingerprint density at radius 1 is 1.10 bits per heavy atom. The van der Waals surface area contributed by atoms with Gasteiger partial charge in [0.15, 0.2) is 10.8 Å². The normalized spacial score (nSPS) is 20.1. The molecule has 0 aliphatic carbocycles. The number of nitrogens with zero attached hydrogens (tertiary/aromatic N) is 6. The van der Waals surface area contributed by atoms with Gasteiger partial charge in [-0.25, -0.2) is 4.98 Å². The molecule has 0 radical (unpaired) electrons. The fourth-order valence-electron chi connectivity index (χ4n) is 7.61. The highest BCUT2D eigenvalue weighted by molar-refractivity contribution is 7.81. The molecule has 14 nitrogen and oxygen atoms in total. The van der Waals surface area contributed by atoms with Crippen molar-refractivity contribution in [2.75, 3.05) is 59.8 Å². The van der Waals surface area contributed by atoms with Gasteiger partial charge < -0.3 is 20.3 Å². The van der Waals surface area contributed by atoms with E-state index in [-0.39, 0.29) is 47.5 Å². The first-order chi connectivity index (χ1) is 27.9. The Morgan fingerprint density at radius 2 is 1.85 bits per heavy atom. The molecule has 3 aromatic rings. The van der Waals surface area contributed by atoms with Gasteiger partial charge in [-0.15, -0.1) is 0 Å². The summed E-state index contributed by atoms with van der Waals surface area (Å²) in [6, 6.07) is 12.7. The van der Waals surface area contributed by atoms with Crippen LogP contribution in [0.1, 0.15) is 62.9 Å². The highest BCUT2D eigenvalue weighted by Gasteiger charge is 2.51. The quantitative estimate of drug-likeness (QED) is 0.166. The molecule has 4 amide bonds. The number of imide groups is 1. The number of hydrogen-bond donors (Lipinski definition) is 3. The second kappa shape index (κ2) is 17.3. The second-order valence-electron chi connectivity index (χ2n) is 15.4. The van der Waals surface area contributed by atoms with E-state index in [2.05, 4.69) is 37.7 Å². The number of aromatic nitrogens is 1. The molecule has 0 saturated carbocycles. The Hall–Kier alpha value is -5.64. The number of aryl methyl sites for hydroxylation is 2. The largest absolute Gasteiger partial charge is 0.492 e. The number of carbonyl (C=O) groups is 4. The molecule has 3 aliphatic heterocycles. The summed E-state index contributed by atoms with van der Waals surface area (Å²) in [6.45, 7) is 12.6. The number of nitriles is 1. The molecule has 4 heterocycles. The molecule has 1 aromatic heterocycles. The van der Waals surface area contributed by atoms with Crippen LogP contribution in [0, 0.1) is 18.3 Å². The van der Waals surface area contributed by atoms with Gasteiger partial charge >= 0.3 is 6.18 Å². The van der Waals surface area contributed by atoms with E-state index in [0.717, 1.165) is 41.4 Å². The Balaban J connectivity index is 1.02. The third-order valence-electron chi connectivity index (χ3n) is 10.7. The number of thiocarbonyl (C=S) groups is 1. The smallest absolute Gasteiger partial charge is 0.419 e. The van der Waals surface area contributed by atoms with Crippen molar-refractivity contribution in [1.82, 2.24) is 20.1 Å². The van der Waals surface area contributed by atoms with Crippen LogP contribution in [0.15, 0.2) is 48.7 Å². The molecule has 2 aromatic carbocycles. The first-order valence-corrected chi connectivity index (χ1v) is 19.7. The number of amides is 4. The molecule has 59 heavy (non-hydrogen) atoms. The summed E-state index contributed by atoms with van der Waals surface area (Å²) in [5.41, 5.74) is 0.118. The first-order valence-electron chi connectivity index (χ1n) is 19.3. The third kappa shape index (κ3) is 9.48. The Kier molecular flexibility index (Phi) is 12.6. The molecular formula is C41H46F3N9O5S. The van der Waals surface area contributed by atoms with Gasteiger partial charge in [0.2, 0.25) is 17.7 Å². The van der Waals surface area contributed by atoms with E-state index in [1.165, 1.54) is 6.07 Å². The lowest BCUT2D eigenvalue weighted by Crippen LogP contribution is -2.54. The van der Waals surface area contributed by atoms with Crippen LogP contribution in [-0.2, 0) is 31.8 Å². The summed E-state index contributed by atoms with van der Waals surface area (Å²) < 4.78 is 47.5. The van der Waals surface area contributed by atoms with E-state index in [1.54, 1.807) is 36.9 Å². The highest BCUT2D eigenvalue weighted by Crippen LogP contribution is 2.40. The lowest BCUT2D eigenvalue weighted by Gasteiger charge is -2.39. The SMILES string of the molecule is CCc1cc(N2C(=S)N(c3cnc(C#N)c(C(F)(F)F)c3)C(=O)C2(C)C)ccc1OCCN1CCN(CC(=O)Nc2cc(C)cc(NC3CCC(=O)NC3=O)c2)[C@H](C)C1. The predicted octanol–water partition coefficient (Wildman–Crippen LogP) is 5.00. The number of carbonyl (C=O) groups excluding carboxylic acids is 4. The zero-order valence-corrected chi connectivity index (χ0v) is 34.2. The van der Waals surface area contributed by atoms with Crippen molar-refractivity contribution < 1.29 is 37.1 Å². The van der Waals surface area contributed by atoms with Crippen LogP contribution in [0.4, 0.5) is 35.9 Å². The summed E-state index contributed by atoms with van der Waals surface area (Å²) in [5.74, 6) is -0.695. The average Bonchev–Trinajstić information content (AvgIpc) is 3.34. The number of halogens is 3. The zero-order chi connectivity index (χ0) is 42.8. The molecule has 312 valence electrons. The molecule has 0 bridgehead atoms. The average molecular weight is 834 g/mol. The van der Waals surface area contributed by atoms with Crippen LogP contribution >= 0.6 is 12.2 Å². The molecule has 1 unspecified atom stereocenters. The Morgan fingerprint density at radius 3 is 2.53 bits per heavy atom. The monoisotopic (exact) mass is 833 g/mol. The van der Waals surface area contributed by atoms with E-state index in [9.17, 15) is 37.6 Å². The van der Waals surface area contributed by atoms with E-state index in [0.29, 0.717) is 55.3 Å². The number of rotatable bonds is 12. The standard InChI is InChI=1S/C41H46F3N9O5S/c1-6-26-17-29(53-39(59)52(38(57)40(53,4)5)30-19-31(41(42,43)44)33(20-45)46-21-30)7-9-34(26)58-14-13-50-11-12-51(25(3)22-50)23-36(55)48-28-16-24(2)15-27(18-28)47-32-8-10-35(54)49-37(32)56/h7,9,15-19,21,25,32,47H,6,8,10-14,22-23H2,1-5H3,(H,48,55)(H,49,54,56)/t25-,32?/m1/s1. The minimum absolute atomic E-state index is 0.0234. The number of benzene rings is 2. The molecule has 18 heteroatoms. The zero-order valence-electron chi connectivity index (χ0n) is 33.4. The van der Waals surface area contributed by atoms with Gasteiger partial charge in [-0.2, -0.15) is 18.4 Å². The van der Waals surface area contributed by atoms with Crippen molar-refractivity contribution in [3.8, 4) is 11.8 Å². The number of hydrogen-bond acceptors (Lipinski definition) is 11. The molecule has 2 atom stereocenters. The van der Waals surface area contributed by atoms with E-state index >= 15 is 0 Å². The third-order valence-corrected chi connectivity index (χ3v) is 11.1. The van der Waals surface area contributed by atoms with Gasteiger partial charge in [-0.1, -0.05) is 6.92 Å². The fraction of sp³-hybridized carbons (Fsp3) is 0.439. The van der Waals surface area contributed by atoms with Crippen LogP contribution in [-0.4, -0.2) is 100 Å². The van der Waals surface area contributed by atoms with Crippen molar-refractivity contribution in [2.24, 2.45) is 0 Å². The Labute approximate surface area is 345 Å². The maximum Gasteiger partial charge on any atom is 0.419 e. The summed E-state index contributed by atoms with van der Waals surface area (Å²) in [7, 11) is 0. The minimum Gasteiger partial charge on any atom is -0.492 e. The fourth-order valence-corrected chi connectivity index (χ4v) is 8.13. The number of piperidine rings is 1. The van der Waals surface area contributed by atoms with Crippen molar-refractivity contribution in [2.45, 2.75) is 77.7 Å². The lowest BCUT2D eigenvalue weighted by atomic mass is 10.0. The van der Waals surface area contributed by atoms with Crippen molar-refractivity contribution in [1.29, 1.82) is 5.26 Å². The number of nitrogens with one attached hydrogen (secondary N) is 3. The van der Waals surface area contributed by atoms with Gasteiger partial charge in [-0.3, -0.25) is 39.2 Å². The van der Waals surface area contributed by atoms with Crippen LogP contribution < -0.4 is 30.5 Å². The summed E-state index contributed by atoms with van der Waals surface area (Å²) >= 11 is 5.69. The van der Waals surface area contributed by atoms with Crippen LogP contribution in [0.2, 0.25) is 0 Å². The number of anilines is 4. The Bertz CT molecular complexity index is 2210. The van der Waals surface area contributed by atoms with Gasteiger partial charge in [0, 0.05) is 55.7 Å². The number of piperazine rings is 1. The summed E-state index contributed by atoms with van der Waals surface area (Å²) in [6.07, 6.45) is -2.57. The molecule has 3 N–H and O–H groups in total. The molecule has 3 saturated heterocycles. The molecular weight excluding hydrogens is 788 g/mol. The maximum absolute atomic E-state index is 13.7. The second-order valence-corrected chi connectivity index (χ2v) is 15.8. The van der Waals surface area contributed by atoms with Crippen LogP contribution in [0.25, 0.3) is 0 Å². The maximum atomic E-state index is 13.7. The lowest BCUT2D eigenvalue weighted by molar-refractivity contribution is -0.138. The van der Waals surface area contributed by atoms with Crippen molar-refractivity contribution in [3.63, 3.8) is 0 Å². The van der Waals surface area contributed by atoms with Gasteiger partial charge in [0.05, 0.1) is 24.0 Å². The van der Waals surface area contributed by atoms with Gasteiger partial charge in [0.25, 0.3) is 5.91 Å². The topological polar surface area (TPSA) is 163 Å². The molecule has 3 aliphatic rings. The van der Waals surface area contributed by atoms with E-state index in [4.69, 9.17) is 17.0 Å². The highest BCUT2D eigenvalue weighted by atomic mass is 32.1. The van der Waals surface area contributed by atoms with Crippen LogP contribution in [0.3, 0.4) is 0 Å². The van der Waals surface area contributed by atoms with Crippen molar-refractivity contribution in [3.05, 3.63) is 71.0 Å². The van der Waals surface area contributed by atoms with E-state index < -0.39 is 34.9 Å². The predicted molar refractivity (Wildman–Crippen MR) is 219 cm³/mol. The first kappa shape index (κ1) is 43.0. The van der Waals surface area contributed by atoms with Crippen molar-refractivity contribution >= 4 is 63.7 Å². The number of pyridine rings is 1. The molecule has 6 rings (SSSR count). The number of ether oxygens (including phenoxy) is 1. The van der Waals surface area contributed by atoms with Gasteiger partial charge in [0.1, 0.15) is 30.0 Å². The van der Waals surface area contributed by atoms with Gasteiger partial charge in [-0.05, 0) is 106 Å². The molecule has 0 spiro atoms.